The Kier molecular flexibility index (Phi) is 6.06. The van der Waals surface area contributed by atoms with Gasteiger partial charge in [0, 0.05) is 43.2 Å². The molecule has 0 spiro atoms. The maximum absolute atomic E-state index is 12.8. The van der Waals surface area contributed by atoms with Gasteiger partial charge in [0.25, 0.3) is 0 Å². The molecular formula is C22H27N5O2S. The Bertz CT molecular complexity index is 851. The van der Waals surface area contributed by atoms with E-state index in [0.29, 0.717) is 19.5 Å². The van der Waals surface area contributed by atoms with Crippen molar-refractivity contribution < 1.29 is 9.59 Å². The zero-order chi connectivity index (χ0) is 21.1. The number of fused-ring (bicyclic) bond motifs is 1. The first-order chi connectivity index (χ1) is 14.4. The Hall–Kier alpha value is -2.45. The van der Waals surface area contributed by atoms with Crippen LogP contribution in [0.4, 0.5) is 0 Å². The van der Waals surface area contributed by atoms with E-state index < -0.39 is 6.04 Å². The standard InChI is InChI=1S/C22H27N5O2S/c1-22(2)15-27-20(30-22)11-18(21(27)29)25-19(28)14-26(12-16-7-3-5-9-23-16)13-17-8-4-6-10-24-17/h3-10,18,20H,11-15H2,1-2H3,(H,25,28). The van der Waals surface area contributed by atoms with E-state index in [-0.39, 0.29) is 28.5 Å². The van der Waals surface area contributed by atoms with Crippen molar-refractivity contribution >= 4 is 23.6 Å². The first-order valence-corrected chi connectivity index (χ1v) is 11.1. The number of nitrogens with one attached hydrogen (secondary N) is 1. The predicted octanol–water partition coefficient (Wildman–Crippen LogP) is 2.05. The summed E-state index contributed by atoms with van der Waals surface area (Å²) in [4.78, 5) is 38.2. The molecule has 2 saturated heterocycles. The highest BCUT2D eigenvalue weighted by atomic mass is 32.2. The molecule has 2 fully saturated rings. The van der Waals surface area contributed by atoms with E-state index >= 15 is 0 Å². The van der Waals surface area contributed by atoms with Crippen molar-refractivity contribution in [1.29, 1.82) is 0 Å². The van der Waals surface area contributed by atoms with E-state index in [0.717, 1.165) is 17.9 Å². The topological polar surface area (TPSA) is 78.4 Å². The van der Waals surface area contributed by atoms with E-state index in [1.165, 1.54) is 0 Å². The molecule has 0 saturated carbocycles. The van der Waals surface area contributed by atoms with Gasteiger partial charge in [-0.2, -0.15) is 0 Å². The second kappa shape index (κ2) is 8.73. The average Bonchev–Trinajstić information content (AvgIpc) is 3.15. The smallest absolute Gasteiger partial charge is 0.246 e. The highest BCUT2D eigenvalue weighted by Gasteiger charge is 2.49. The molecule has 4 heterocycles. The average molecular weight is 426 g/mol. The third-order valence-electron chi connectivity index (χ3n) is 5.30. The molecule has 2 amide bonds. The Morgan fingerprint density at radius 1 is 1.17 bits per heavy atom. The summed E-state index contributed by atoms with van der Waals surface area (Å²) >= 11 is 1.82. The molecule has 2 aliphatic rings. The van der Waals surface area contributed by atoms with Crippen LogP contribution in [0.5, 0.6) is 0 Å². The maximum atomic E-state index is 12.8. The lowest BCUT2D eigenvalue weighted by molar-refractivity contribution is -0.133. The molecule has 2 aromatic rings. The third-order valence-corrected chi connectivity index (χ3v) is 6.78. The van der Waals surface area contributed by atoms with Crippen molar-refractivity contribution in [3.63, 3.8) is 0 Å². The zero-order valence-electron chi connectivity index (χ0n) is 17.3. The van der Waals surface area contributed by atoms with Crippen molar-refractivity contribution in [2.24, 2.45) is 0 Å². The molecule has 0 bridgehead atoms. The fraction of sp³-hybridized carbons (Fsp3) is 0.455. The maximum Gasteiger partial charge on any atom is 0.246 e. The summed E-state index contributed by atoms with van der Waals surface area (Å²) in [5.41, 5.74) is 1.77. The van der Waals surface area contributed by atoms with Crippen molar-refractivity contribution in [3.8, 4) is 0 Å². The number of nitrogens with zero attached hydrogens (tertiary/aromatic N) is 4. The van der Waals surface area contributed by atoms with Crippen LogP contribution < -0.4 is 5.32 Å². The van der Waals surface area contributed by atoms with Crippen molar-refractivity contribution in [1.82, 2.24) is 25.1 Å². The van der Waals surface area contributed by atoms with Gasteiger partial charge in [-0.05, 0) is 38.1 Å². The first-order valence-electron chi connectivity index (χ1n) is 10.2. The van der Waals surface area contributed by atoms with Gasteiger partial charge in [0.1, 0.15) is 6.04 Å². The quantitative estimate of drug-likeness (QED) is 0.732. The van der Waals surface area contributed by atoms with Crippen LogP contribution in [0.3, 0.4) is 0 Å². The van der Waals surface area contributed by atoms with E-state index in [1.54, 1.807) is 12.4 Å². The summed E-state index contributed by atoms with van der Waals surface area (Å²) < 4.78 is 0.0808. The molecule has 8 heteroatoms. The predicted molar refractivity (Wildman–Crippen MR) is 116 cm³/mol. The molecule has 30 heavy (non-hydrogen) atoms. The molecule has 0 radical (unpaired) electrons. The summed E-state index contributed by atoms with van der Waals surface area (Å²) in [6.45, 7) is 6.29. The number of rotatable bonds is 7. The lowest BCUT2D eigenvalue weighted by Crippen LogP contribution is -2.46. The Balaban J connectivity index is 1.38. The van der Waals surface area contributed by atoms with Gasteiger partial charge in [-0.25, -0.2) is 0 Å². The van der Waals surface area contributed by atoms with Crippen LogP contribution in [0, 0.1) is 0 Å². The fourth-order valence-corrected chi connectivity index (χ4v) is 5.60. The number of pyridine rings is 2. The molecule has 2 aromatic heterocycles. The minimum atomic E-state index is -0.433. The first kappa shape index (κ1) is 20.8. The molecule has 2 aliphatic heterocycles. The fourth-order valence-electron chi connectivity index (χ4n) is 4.05. The van der Waals surface area contributed by atoms with Crippen LogP contribution >= 0.6 is 11.8 Å². The van der Waals surface area contributed by atoms with Gasteiger partial charge in [0.05, 0.1) is 23.3 Å². The van der Waals surface area contributed by atoms with Gasteiger partial charge in [-0.1, -0.05) is 12.1 Å². The largest absolute Gasteiger partial charge is 0.343 e. The lowest BCUT2D eigenvalue weighted by Gasteiger charge is -2.23. The number of carbonyl (C=O) groups excluding carboxylic acids is 2. The summed E-state index contributed by atoms with van der Waals surface area (Å²) in [6, 6.07) is 11.1. The number of hydrogen-bond acceptors (Lipinski definition) is 6. The minimum absolute atomic E-state index is 0.0347. The highest BCUT2D eigenvalue weighted by molar-refractivity contribution is 8.01. The zero-order valence-corrected chi connectivity index (χ0v) is 18.1. The molecule has 0 aromatic carbocycles. The molecule has 2 unspecified atom stereocenters. The van der Waals surface area contributed by atoms with Gasteiger partial charge in [0.15, 0.2) is 0 Å². The monoisotopic (exact) mass is 425 g/mol. The number of aromatic nitrogens is 2. The molecule has 0 aliphatic carbocycles. The van der Waals surface area contributed by atoms with E-state index in [1.807, 2.05) is 58.0 Å². The summed E-state index contributed by atoms with van der Waals surface area (Å²) in [5, 5.41) is 3.12. The third kappa shape index (κ3) is 4.99. The van der Waals surface area contributed by atoms with Gasteiger partial charge < -0.3 is 10.2 Å². The van der Waals surface area contributed by atoms with Crippen LogP contribution in [0.15, 0.2) is 48.8 Å². The van der Waals surface area contributed by atoms with Gasteiger partial charge in [-0.3, -0.25) is 24.5 Å². The summed E-state index contributed by atoms with van der Waals surface area (Å²) in [6.07, 6.45) is 4.16. The molecule has 158 valence electrons. The van der Waals surface area contributed by atoms with Crippen LogP contribution in [0.2, 0.25) is 0 Å². The van der Waals surface area contributed by atoms with Gasteiger partial charge >= 0.3 is 0 Å². The second-order valence-electron chi connectivity index (χ2n) is 8.44. The summed E-state index contributed by atoms with van der Waals surface area (Å²) in [5.74, 6) is -0.113. The molecular weight excluding hydrogens is 398 g/mol. The molecule has 7 nitrogen and oxygen atoms in total. The Morgan fingerprint density at radius 3 is 2.33 bits per heavy atom. The van der Waals surface area contributed by atoms with Crippen LogP contribution in [-0.2, 0) is 22.7 Å². The second-order valence-corrected chi connectivity index (χ2v) is 10.3. The normalized spacial score (nSPS) is 22.4. The van der Waals surface area contributed by atoms with Crippen LogP contribution in [0.1, 0.15) is 31.7 Å². The van der Waals surface area contributed by atoms with Gasteiger partial charge in [0.2, 0.25) is 11.8 Å². The van der Waals surface area contributed by atoms with E-state index in [2.05, 4.69) is 29.1 Å². The van der Waals surface area contributed by atoms with Crippen molar-refractivity contribution in [2.45, 2.75) is 49.5 Å². The molecule has 2 atom stereocenters. The SMILES string of the molecule is CC1(C)CN2C(=O)C(NC(=O)CN(Cc3ccccn3)Cc3ccccn3)CC2S1. The lowest BCUT2D eigenvalue weighted by atomic mass is 10.2. The van der Waals surface area contributed by atoms with Crippen molar-refractivity contribution in [3.05, 3.63) is 60.2 Å². The Labute approximate surface area is 181 Å². The summed E-state index contributed by atoms with van der Waals surface area (Å²) in [7, 11) is 0. The van der Waals surface area contributed by atoms with Crippen LogP contribution in [-0.4, -0.2) is 60.8 Å². The van der Waals surface area contributed by atoms with E-state index in [4.69, 9.17) is 0 Å². The number of hydrogen-bond donors (Lipinski definition) is 1. The number of thioether (sulfide) groups is 1. The number of amides is 2. The van der Waals surface area contributed by atoms with Gasteiger partial charge in [-0.15, -0.1) is 11.8 Å². The number of carbonyl (C=O) groups is 2. The van der Waals surface area contributed by atoms with E-state index in [9.17, 15) is 9.59 Å². The molecule has 4 rings (SSSR count). The van der Waals surface area contributed by atoms with Crippen LogP contribution in [0.25, 0.3) is 0 Å². The molecule has 1 N–H and O–H groups in total. The van der Waals surface area contributed by atoms with Crippen molar-refractivity contribution in [2.75, 3.05) is 13.1 Å². The Morgan fingerprint density at radius 2 is 1.80 bits per heavy atom. The minimum Gasteiger partial charge on any atom is -0.343 e. The highest BCUT2D eigenvalue weighted by Crippen LogP contribution is 2.44.